The molecule has 0 aliphatic heterocycles. The molecule has 6 heteroatoms. The molecule has 0 unspecified atom stereocenters. The van der Waals surface area contributed by atoms with Gasteiger partial charge in [-0.3, -0.25) is 10.1 Å². The molecule has 0 atom stereocenters. The number of rotatable bonds is 3. The van der Waals surface area contributed by atoms with E-state index in [4.69, 9.17) is 0 Å². The summed E-state index contributed by atoms with van der Waals surface area (Å²) in [4.78, 5) is 10.3. The molecule has 0 spiro atoms. The van der Waals surface area contributed by atoms with E-state index in [-0.39, 0.29) is 5.69 Å². The van der Waals surface area contributed by atoms with Crippen LogP contribution in [0.2, 0.25) is 0 Å². The minimum atomic E-state index is -0.394. The molecule has 1 aliphatic carbocycles. The fraction of sp³-hybridized carbons (Fsp3) is 0.455. The van der Waals surface area contributed by atoms with E-state index in [1.54, 1.807) is 0 Å². The van der Waals surface area contributed by atoms with Gasteiger partial charge in [-0.15, -0.1) is 0 Å². The molecule has 2 rings (SSSR count). The molecule has 0 heterocycles. The molecule has 1 saturated carbocycles. The fourth-order valence-electron chi connectivity index (χ4n) is 2.08. The number of nitrogens with zero attached hydrogens (tertiary/aromatic N) is 1. The fourth-order valence-corrected chi connectivity index (χ4v) is 3.47. The summed E-state index contributed by atoms with van der Waals surface area (Å²) in [6.07, 6.45) is 4.82. The van der Waals surface area contributed by atoms with Gasteiger partial charge in [-0.05, 0) is 44.7 Å². The highest BCUT2D eigenvalue weighted by Gasteiger charge is 2.19. The number of hydrogen-bond acceptors (Lipinski definition) is 3. The Morgan fingerprint density at radius 2 is 1.76 bits per heavy atom. The summed E-state index contributed by atoms with van der Waals surface area (Å²) in [6, 6.07) is 3.54. The molecule has 92 valence electrons. The zero-order chi connectivity index (χ0) is 12.4. The average molecular weight is 364 g/mol. The second-order valence-corrected chi connectivity index (χ2v) is 5.88. The number of non-ortho nitro benzene ring substituents is 1. The van der Waals surface area contributed by atoms with Crippen molar-refractivity contribution in [1.29, 1.82) is 0 Å². The Labute approximate surface area is 116 Å². The van der Waals surface area contributed by atoms with Crippen molar-refractivity contribution >= 4 is 43.2 Å². The molecule has 0 radical (unpaired) electrons. The van der Waals surface area contributed by atoms with Crippen molar-refractivity contribution in [3.05, 3.63) is 31.2 Å². The van der Waals surface area contributed by atoms with Gasteiger partial charge in [-0.2, -0.15) is 0 Å². The highest BCUT2D eigenvalue weighted by molar-refractivity contribution is 9.11. The second kappa shape index (κ2) is 5.35. The Kier molecular flexibility index (Phi) is 4.04. The number of nitro groups is 1. The predicted molar refractivity (Wildman–Crippen MR) is 74.4 cm³/mol. The van der Waals surface area contributed by atoms with E-state index >= 15 is 0 Å². The Morgan fingerprint density at radius 3 is 2.24 bits per heavy atom. The van der Waals surface area contributed by atoms with Crippen LogP contribution in [0.3, 0.4) is 0 Å². The summed E-state index contributed by atoms with van der Waals surface area (Å²) in [5.41, 5.74) is 0.989. The zero-order valence-corrected chi connectivity index (χ0v) is 12.3. The predicted octanol–water partition coefficient (Wildman–Crippen LogP) is 4.47. The van der Waals surface area contributed by atoms with Gasteiger partial charge in [0.2, 0.25) is 0 Å². The summed E-state index contributed by atoms with van der Waals surface area (Å²) in [5.74, 6) is 0. The van der Waals surface area contributed by atoms with Crippen molar-refractivity contribution in [2.75, 3.05) is 5.32 Å². The molecular weight excluding hydrogens is 352 g/mol. The summed E-state index contributed by atoms with van der Waals surface area (Å²) in [5, 5.41) is 14.1. The minimum Gasteiger partial charge on any atom is -0.380 e. The van der Waals surface area contributed by atoms with Crippen LogP contribution in [-0.4, -0.2) is 11.0 Å². The van der Waals surface area contributed by atoms with Gasteiger partial charge < -0.3 is 5.32 Å². The molecule has 1 fully saturated rings. The van der Waals surface area contributed by atoms with E-state index in [9.17, 15) is 10.1 Å². The molecular formula is C11H12Br2N2O2. The lowest BCUT2D eigenvalue weighted by molar-refractivity contribution is -0.385. The Morgan fingerprint density at radius 1 is 1.24 bits per heavy atom. The van der Waals surface area contributed by atoms with Crippen LogP contribution in [0, 0.1) is 10.1 Å². The number of hydrogen-bond donors (Lipinski definition) is 1. The van der Waals surface area contributed by atoms with Gasteiger partial charge in [0.15, 0.2) is 0 Å². The highest BCUT2D eigenvalue weighted by Crippen LogP contribution is 2.37. The van der Waals surface area contributed by atoms with Crippen molar-refractivity contribution in [1.82, 2.24) is 0 Å². The monoisotopic (exact) mass is 362 g/mol. The highest BCUT2D eigenvalue weighted by atomic mass is 79.9. The van der Waals surface area contributed by atoms with Crippen LogP contribution in [-0.2, 0) is 0 Å². The van der Waals surface area contributed by atoms with E-state index in [0.29, 0.717) is 6.04 Å². The van der Waals surface area contributed by atoms with Gasteiger partial charge >= 0.3 is 0 Å². The number of anilines is 1. The smallest absolute Gasteiger partial charge is 0.271 e. The van der Waals surface area contributed by atoms with Gasteiger partial charge in [-0.1, -0.05) is 12.8 Å². The molecule has 0 bridgehead atoms. The van der Waals surface area contributed by atoms with Gasteiger partial charge in [0.05, 0.1) is 10.6 Å². The van der Waals surface area contributed by atoms with Crippen molar-refractivity contribution in [3.63, 3.8) is 0 Å². The summed E-state index contributed by atoms with van der Waals surface area (Å²) >= 11 is 6.75. The maximum atomic E-state index is 10.7. The Balaban J connectivity index is 2.24. The summed E-state index contributed by atoms with van der Waals surface area (Å²) < 4.78 is 1.45. The first-order valence-corrected chi connectivity index (χ1v) is 7.06. The van der Waals surface area contributed by atoms with Crippen molar-refractivity contribution < 1.29 is 4.92 Å². The summed E-state index contributed by atoms with van der Waals surface area (Å²) in [6.45, 7) is 0. The normalized spacial score (nSPS) is 16.1. The first-order chi connectivity index (χ1) is 8.08. The zero-order valence-electron chi connectivity index (χ0n) is 9.08. The average Bonchev–Trinajstić information content (AvgIpc) is 2.75. The van der Waals surface area contributed by atoms with Crippen LogP contribution in [0.25, 0.3) is 0 Å². The van der Waals surface area contributed by atoms with Gasteiger partial charge in [-0.25, -0.2) is 0 Å². The van der Waals surface area contributed by atoms with Crippen molar-refractivity contribution in [2.24, 2.45) is 0 Å². The molecule has 0 saturated heterocycles. The lowest BCUT2D eigenvalue weighted by Crippen LogP contribution is -2.15. The maximum absolute atomic E-state index is 10.7. The molecule has 17 heavy (non-hydrogen) atoms. The van der Waals surface area contributed by atoms with Crippen LogP contribution >= 0.6 is 31.9 Å². The van der Waals surface area contributed by atoms with Crippen LogP contribution in [0.4, 0.5) is 11.4 Å². The third-order valence-corrected chi connectivity index (χ3v) is 4.19. The third-order valence-electron chi connectivity index (χ3n) is 2.94. The lowest BCUT2D eigenvalue weighted by atomic mass is 10.2. The SMILES string of the molecule is O=[N+]([O-])c1cc(Br)c(NC2CCCC2)c(Br)c1. The first kappa shape index (κ1) is 12.8. The number of benzene rings is 1. The standard InChI is InChI=1S/C11H12Br2N2O2/c12-9-5-8(15(16)17)6-10(13)11(9)14-7-3-1-2-4-7/h5-7,14H,1-4H2. The van der Waals surface area contributed by atoms with Gasteiger partial charge in [0, 0.05) is 27.1 Å². The Hall–Kier alpha value is -0.620. The summed E-state index contributed by atoms with van der Waals surface area (Å²) in [7, 11) is 0. The van der Waals surface area contributed by atoms with E-state index < -0.39 is 4.92 Å². The lowest BCUT2D eigenvalue weighted by Gasteiger charge is -2.16. The van der Waals surface area contributed by atoms with E-state index in [1.807, 2.05) is 0 Å². The number of halogens is 2. The van der Waals surface area contributed by atoms with Crippen molar-refractivity contribution in [3.8, 4) is 0 Å². The largest absolute Gasteiger partial charge is 0.380 e. The van der Waals surface area contributed by atoms with Crippen LogP contribution in [0.5, 0.6) is 0 Å². The van der Waals surface area contributed by atoms with Gasteiger partial charge in [0.1, 0.15) is 0 Å². The topological polar surface area (TPSA) is 55.2 Å². The van der Waals surface area contributed by atoms with Crippen LogP contribution < -0.4 is 5.32 Å². The van der Waals surface area contributed by atoms with Gasteiger partial charge in [0.25, 0.3) is 5.69 Å². The molecule has 1 aromatic carbocycles. The molecule has 0 aromatic heterocycles. The molecule has 1 aromatic rings. The third kappa shape index (κ3) is 2.98. The number of nitro benzene ring substituents is 1. The molecule has 1 N–H and O–H groups in total. The van der Waals surface area contributed by atoms with E-state index in [0.717, 1.165) is 27.5 Å². The first-order valence-electron chi connectivity index (χ1n) is 5.48. The Bertz CT molecular complexity index is 422. The molecule has 0 amide bonds. The minimum absolute atomic E-state index is 0.0840. The molecule has 4 nitrogen and oxygen atoms in total. The number of nitrogens with one attached hydrogen (secondary N) is 1. The van der Waals surface area contributed by atoms with E-state index in [2.05, 4.69) is 37.2 Å². The maximum Gasteiger partial charge on any atom is 0.271 e. The van der Waals surface area contributed by atoms with Crippen molar-refractivity contribution in [2.45, 2.75) is 31.7 Å². The quantitative estimate of drug-likeness (QED) is 0.636. The van der Waals surface area contributed by atoms with E-state index in [1.165, 1.54) is 25.0 Å². The van der Waals surface area contributed by atoms with Crippen LogP contribution in [0.15, 0.2) is 21.1 Å². The second-order valence-electron chi connectivity index (χ2n) is 4.17. The van der Waals surface area contributed by atoms with Crippen LogP contribution in [0.1, 0.15) is 25.7 Å². The molecule has 1 aliphatic rings.